The molecule has 0 amide bonds. The predicted molar refractivity (Wildman–Crippen MR) is 202 cm³/mol. The zero-order chi connectivity index (χ0) is 36.2. The molecule has 6 rings (SSSR count). The minimum atomic E-state index is -0.877. The van der Waals surface area contributed by atoms with E-state index in [0.29, 0.717) is 30.1 Å². The van der Waals surface area contributed by atoms with Crippen LogP contribution in [0.25, 0.3) is 0 Å². The van der Waals surface area contributed by atoms with Crippen LogP contribution >= 0.6 is 0 Å². The predicted octanol–water partition coefficient (Wildman–Crippen LogP) is 8.99. The van der Waals surface area contributed by atoms with Gasteiger partial charge in [0, 0.05) is 22.3 Å². The van der Waals surface area contributed by atoms with Crippen molar-refractivity contribution in [2.45, 2.75) is 70.2 Å². The molecule has 2 heterocycles. The van der Waals surface area contributed by atoms with Crippen LogP contribution in [-0.2, 0) is 20.7 Å². The Kier molecular flexibility index (Phi) is 10.6. The van der Waals surface area contributed by atoms with Crippen molar-refractivity contribution in [2.75, 3.05) is 28.4 Å². The third-order valence-electron chi connectivity index (χ3n) is 9.86. The fourth-order valence-corrected chi connectivity index (χ4v) is 7.41. The minimum Gasteiger partial charge on any atom is -0.497 e. The Labute approximate surface area is 302 Å². The molecule has 8 heteroatoms. The summed E-state index contributed by atoms with van der Waals surface area (Å²) < 4.78 is 36.5. The van der Waals surface area contributed by atoms with Gasteiger partial charge in [0.05, 0.1) is 34.9 Å². The molecular weight excluding hydrogens is 640 g/mol. The van der Waals surface area contributed by atoms with E-state index in [0.717, 1.165) is 58.1 Å². The average molecular weight is 691 g/mol. The first-order chi connectivity index (χ1) is 24.6. The summed E-state index contributed by atoms with van der Waals surface area (Å²) in [5, 5.41) is 0. The van der Waals surface area contributed by atoms with Crippen molar-refractivity contribution in [3.63, 3.8) is 0 Å². The van der Waals surface area contributed by atoms with E-state index in [1.54, 1.807) is 28.4 Å². The lowest BCUT2D eigenvalue weighted by atomic mass is 9.77. The van der Waals surface area contributed by atoms with Gasteiger partial charge in [0.1, 0.15) is 35.1 Å². The fraction of sp³-hybridized carbons (Fsp3) is 0.395. The Hall–Kier alpha value is -4.98. The van der Waals surface area contributed by atoms with Crippen LogP contribution < -0.4 is 18.9 Å². The quantitative estimate of drug-likeness (QED) is 0.131. The van der Waals surface area contributed by atoms with Crippen molar-refractivity contribution in [3.8, 4) is 23.0 Å². The first kappa shape index (κ1) is 35.8. The molecule has 0 radical (unpaired) electrons. The molecule has 8 nitrogen and oxygen atoms in total. The van der Waals surface area contributed by atoms with E-state index in [1.807, 2.05) is 48.5 Å². The van der Waals surface area contributed by atoms with Crippen LogP contribution in [0.1, 0.15) is 69.2 Å². The molecule has 0 saturated heterocycles. The van der Waals surface area contributed by atoms with Gasteiger partial charge in [-0.15, -0.1) is 0 Å². The molecule has 4 aromatic carbocycles. The molecule has 51 heavy (non-hydrogen) atoms. The average Bonchev–Trinajstić information content (AvgIpc) is 3.69. The monoisotopic (exact) mass is 690 g/mol. The first-order valence-corrected chi connectivity index (χ1v) is 17.7. The van der Waals surface area contributed by atoms with Crippen molar-refractivity contribution in [3.05, 3.63) is 119 Å². The van der Waals surface area contributed by atoms with Gasteiger partial charge in [-0.3, -0.25) is 0 Å². The lowest BCUT2D eigenvalue weighted by Crippen LogP contribution is -2.40. The Morgan fingerprint density at radius 3 is 0.941 bits per heavy atom. The molecule has 2 aliphatic heterocycles. The van der Waals surface area contributed by atoms with E-state index >= 15 is 0 Å². The number of hydrogen-bond donors (Lipinski definition) is 0. The summed E-state index contributed by atoms with van der Waals surface area (Å²) in [6, 6.07) is 32.1. The maximum Gasteiger partial charge on any atom is 0.194 e. The molecule has 0 aromatic heterocycles. The van der Waals surface area contributed by atoms with Gasteiger partial charge in [0.15, 0.2) is 23.0 Å². The van der Waals surface area contributed by atoms with Crippen LogP contribution in [0.3, 0.4) is 0 Å². The highest BCUT2D eigenvalue weighted by molar-refractivity contribution is 5.99. The number of aliphatic imine (C=N–C) groups is 2. The van der Waals surface area contributed by atoms with Crippen LogP contribution in [0.15, 0.2) is 107 Å². The molecule has 2 atom stereocenters. The van der Waals surface area contributed by atoms with Gasteiger partial charge in [-0.1, -0.05) is 76.2 Å². The summed E-state index contributed by atoms with van der Waals surface area (Å²) in [5.74, 6) is 5.03. The van der Waals surface area contributed by atoms with Crippen molar-refractivity contribution < 1.29 is 28.4 Å². The van der Waals surface area contributed by atoms with Crippen molar-refractivity contribution in [1.82, 2.24) is 0 Å². The number of hydrogen-bond acceptors (Lipinski definition) is 8. The number of methoxy groups -OCH3 is 4. The van der Waals surface area contributed by atoms with Crippen LogP contribution in [-0.4, -0.2) is 52.3 Å². The van der Waals surface area contributed by atoms with Crippen LogP contribution in [0.2, 0.25) is 0 Å². The summed E-state index contributed by atoms with van der Waals surface area (Å²) >= 11 is 0. The summed E-state index contributed by atoms with van der Waals surface area (Å²) in [4.78, 5) is 10.7. The van der Waals surface area contributed by atoms with E-state index in [-0.39, 0.29) is 12.1 Å². The van der Waals surface area contributed by atoms with Gasteiger partial charge in [0.2, 0.25) is 0 Å². The maximum absolute atomic E-state index is 7.17. The smallest absolute Gasteiger partial charge is 0.194 e. The highest BCUT2D eigenvalue weighted by atomic mass is 16.5. The molecule has 4 aromatic rings. The Balaban J connectivity index is 1.43. The van der Waals surface area contributed by atoms with E-state index < -0.39 is 11.2 Å². The summed E-state index contributed by atoms with van der Waals surface area (Å²) in [6.45, 7) is 8.89. The normalized spacial score (nSPS) is 18.9. The van der Waals surface area contributed by atoms with E-state index in [1.165, 1.54) is 0 Å². The van der Waals surface area contributed by atoms with E-state index in [4.69, 9.17) is 38.4 Å². The second-order valence-electron chi connectivity index (χ2n) is 14.1. The zero-order valence-corrected chi connectivity index (χ0v) is 31.0. The standard InChI is InChI=1S/C43H50N2O6/c1-28(2)25-38-42(30-9-17-34(46-5)18-10-30,31-11-19-35(47-6)20-12-31)50-40(44-38)27-41-45-39(26-29(3)4)43(51-41,32-13-21-36(48-7)22-14-32)33-15-23-37(49-8)24-16-33/h9-24,28-29,38-39H,25-27H2,1-8H3/t38-,39-/m1/s1. The van der Waals surface area contributed by atoms with Gasteiger partial charge in [-0.05, 0) is 73.2 Å². The molecule has 0 unspecified atom stereocenters. The van der Waals surface area contributed by atoms with E-state index in [9.17, 15) is 0 Å². The molecule has 0 spiro atoms. The Morgan fingerprint density at radius 1 is 0.471 bits per heavy atom. The summed E-state index contributed by atoms with van der Waals surface area (Å²) in [6.07, 6.45) is 1.93. The van der Waals surface area contributed by atoms with Crippen LogP contribution in [0.5, 0.6) is 23.0 Å². The lowest BCUT2D eigenvalue weighted by Gasteiger charge is -2.36. The molecule has 0 N–H and O–H groups in total. The molecular formula is C43H50N2O6. The fourth-order valence-electron chi connectivity index (χ4n) is 7.41. The van der Waals surface area contributed by atoms with Crippen molar-refractivity contribution in [2.24, 2.45) is 21.8 Å². The van der Waals surface area contributed by atoms with E-state index in [2.05, 4.69) is 76.2 Å². The Bertz CT molecular complexity index is 1580. The lowest BCUT2D eigenvalue weighted by molar-refractivity contribution is 0.0800. The van der Waals surface area contributed by atoms with Gasteiger partial charge < -0.3 is 28.4 Å². The molecule has 0 saturated carbocycles. The topological polar surface area (TPSA) is 80.1 Å². The maximum atomic E-state index is 7.17. The van der Waals surface area contributed by atoms with Crippen LogP contribution in [0, 0.1) is 11.8 Å². The third kappa shape index (κ3) is 7.01. The van der Waals surface area contributed by atoms with Gasteiger partial charge in [-0.2, -0.15) is 0 Å². The Morgan fingerprint density at radius 2 is 0.725 bits per heavy atom. The third-order valence-corrected chi connectivity index (χ3v) is 9.86. The van der Waals surface area contributed by atoms with Gasteiger partial charge >= 0.3 is 0 Å². The number of benzene rings is 4. The zero-order valence-electron chi connectivity index (χ0n) is 31.0. The van der Waals surface area contributed by atoms with Crippen molar-refractivity contribution in [1.29, 1.82) is 0 Å². The minimum absolute atomic E-state index is 0.198. The van der Waals surface area contributed by atoms with Gasteiger partial charge in [-0.25, -0.2) is 9.98 Å². The first-order valence-electron chi connectivity index (χ1n) is 17.7. The number of ether oxygens (including phenoxy) is 6. The highest BCUT2D eigenvalue weighted by Crippen LogP contribution is 2.49. The van der Waals surface area contributed by atoms with Gasteiger partial charge in [0.25, 0.3) is 0 Å². The molecule has 0 fully saturated rings. The molecule has 0 aliphatic carbocycles. The van der Waals surface area contributed by atoms with Crippen molar-refractivity contribution >= 4 is 11.8 Å². The number of nitrogens with zero attached hydrogens (tertiary/aromatic N) is 2. The second kappa shape index (κ2) is 15.1. The largest absolute Gasteiger partial charge is 0.497 e. The summed E-state index contributed by atoms with van der Waals surface area (Å²) in [5.41, 5.74) is 2.23. The number of rotatable bonds is 14. The van der Waals surface area contributed by atoms with Crippen LogP contribution in [0.4, 0.5) is 0 Å². The second-order valence-corrected chi connectivity index (χ2v) is 14.1. The molecule has 268 valence electrons. The SMILES string of the molecule is COc1ccc(C2(c3ccc(OC)cc3)OC(CC3=N[C@H](CC(C)C)C(c4ccc(OC)cc4)(c4ccc(OC)cc4)O3)=N[C@@H]2CC(C)C)cc1. The molecule has 0 bridgehead atoms. The summed E-state index contributed by atoms with van der Waals surface area (Å²) in [7, 11) is 6.71. The molecule has 2 aliphatic rings. The highest BCUT2D eigenvalue weighted by Gasteiger charge is 2.53.